The number of aliphatic hydroxyl groups is 2. The number of H-pyrrole nitrogens is 1. The molecule has 4 atom stereocenters. The minimum Gasteiger partial charge on any atom is -0.508 e. The van der Waals surface area contributed by atoms with Gasteiger partial charge in [-0.25, -0.2) is 0 Å². The highest BCUT2D eigenvalue weighted by molar-refractivity contribution is 5.87. The second-order valence-corrected chi connectivity index (χ2v) is 14.4. The number of nitrogens with one attached hydrogen (secondary N) is 2. The lowest BCUT2D eigenvalue weighted by atomic mass is 9.80. The van der Waals surface area contributed by atoms with Crippen LogP contribution in [-0.4, -0.2) is 68.9 Å². The molecular formula is C46H50N2O8. The number of aromatic amines is 1. The van der Waals surface area contributed by atoms with E-state index >= 15 is 0 Å². The molecule has 1 aromatic heterocycles. The monoisotopic (exact) mass is 758 g/mol. The Morgan fingerprint density at radius 1 is 0.804 bits per heavy atom. The molecule has 7 N–H and O–H groups in total. The number of hydrogen-bond donors (Lipinski definition) is 7. The molecule has 6 aromatic rings. The van der Waals surface area contributed by atoms with Gasteiger partial charge in [0.2, 0.25) is 0 Å². The highest BCUT2D eigenvalue weighted by Crippen LogP contribution is 2.38. The summed E-state index contributed by atoms with van der Waals surface area (Å²) in [5.74, 6) is -0.771. The van der Waals surface area contributed by atoms with Crippen molar-refractivity contribution in [3.63, 3.8) is 0 Å². The maximum absolute atomic E-state index is 14.4. The van der Waals surface area contributed by atoms with Crippen molar-refractivity contribution in [2.75, 3.05) is 20.4 Å². The van der Waals surface area contributed by atoms with Crippen LogP contribution >= 0.6 is 0 Å². The summed E-state index contributed by atoms with van der Waals surface area (Å²) < 4.78 is 11.5. The third-order valence-corrected chi connectivity index (χ3v) is 10.3. The van der Waals surface area contributed by atoms with Crippen LogP contribution in [0.4, 0.5) is 0 Å². The molecule has 0 spiro atoms. The molecule has 0 aliphatic heterocycles. The van der Waals surface area contributed by atoms with Gasteiger partial charge in [0, 0.05) is 43.3 Å². The van der Waals surface area contributed by atoms with E-state index in [-0.39, 0.29) is 48.4 Å². The number of fused-ring (bicyclic) bond motifs is 1. The first-order chi connectivity index (χ1) is 27.1. The molecule has 0 fully saturated rings. The van der Waals surface area contributed by atoms with Crippen molar-refractivity contribution in [3.05, 3.63) is 149 Å². The minimum atomic E-state index is -1.05. The fourth-order valence-electron chi connectivity index (χ4n) is 7.43. The summed E-state index contributed by atoms with van der Waals surface area (Å²) in [4.78, 5) is 17.5. The zero-order chi connectivity index (χ0) is 39.6. The van der Waals surface area contributed by atoms with Crippen LogP contribution in [0.3, 0.4) is 0 Å². The van der Waals surface area contributed by atoms with Crippen LogP contribution in [0.2, 0.25) is 0 Å². The fourth-order valence-corrected chi connectivity index (χ4v) is 7.43. The molecule has 0 saturated carbocycles. The molecule has 0 aliphatic carbocycles. The molecule has 10 heteroatoms. The highest BCUT2D eigenvalue weighted by atomic mass is 16.5. The molecule has 0 amide bonds. The number of ether oxygens (including phenoxy) is 2. The summed E-state index contributed by atoms with van der Waals surface area (Å²) in [6.45, 7) is 2.02. The number of aromatic hydroxyl groups is 3. The quantitative estimate of drug-likeness (QED) is 0.0343. The first-order valence-electron chi connectivity index (χ1n) is 18.9. The second-order valence-electron chi connectivity index (χ2n) is 14.4. The molecule has 292 valence electrons. The van der Waals surface area contributed by atoms with E-state index in [0.717, 1.165) is 33.0 Å². The molecule has 1 heterocycles. The van der Waals surface area contributed by atoms with Crippen molar-refractivity contribution in [1.82, 2.24) is 10.3 Å². The summed E-state index contributed by atoms with van der Waals surface area (Å²) in [7, 11) is 1.54. The number of phenolic OH excluding ortho intramolecular Hbond substituents is 3. The number of carbonyl (C=O) groups is 1. The van der Waals surface area contributed by atoms with Crippen LogP contribution in [0, 0.1) is 5.92 Å². The molecule has 0 saturated heterocycles. The first-order valence-corrected chi connectivity index (χ1v) is 18.9. The van der Waals surface area contributed by atoms with Crippen LogP contribution in [0.25, 0.3) is 10.8 Å². The molecule has 4 unspecified atom stereocenters. The van der Waals surface area contributed by atoms with Crippen LogP contribution in [0.1, 0.15) is 52.6 Å². The summed E-state index contributed by atoms with van der Waals surface area (Å²) >= 11 is 0. The maximum Gasteiger partial charge on any atom is 0.164 e. The maximum atomic E-state index is 14.4. The number of phenols is 3. The Labute approximate surface area is 327 Å². The summed E-state index contributed by atoms with van der Waals surface area (Å²) in [6, 6.07) is 31.2. The van der Waals surface area contributed by atoms with Crippen molar-refractivity contribution < 1.29 is 39.8 Å². The zero-order valence-corrected chi connectivity index (χ0v) is 31.7. The first kappa shape index (κ1) is 39.9. The van der Waals surface area contributed by atoms with Crippen LogP contribution in [-0.2, 0) is 30.5 Å². The van der Waals surface area contributed by atoms with Gasteiger partial charge in [-0.2, -0.15) is 0 Å². The van der Waals surface area contributed by atoms with E-state index in [1.54, 1.807) is 49.4 Å². The van der Waals surface area contributed by atoms with Gasteiger partial charge in [0.15, 0.2) is 23.0 Å². The van der Waals surface area contributed by atoms with Gasteiger partial charge in [0.25, 0.3) is 0 Å². The number of methoxy groups -OCH3 is 1. The van der Waals surface area contributed by atoms with Crippen molar-refractivity contribution in [2.24, 2.45) is 5.92 Å². The smallest absolute Gasteiger partial charge is 0.164 e. The number of hydrogen-bond acceptors (Lipinski definition) is 9. The Morgan fingerprint density at radius 3 is 2.36 bits per heavy atom. The van der Waals surface area contributed by atoms with E-state index in [2.05, 4.69) is 34.6 Å². The van der Waals surface area contributed by atoms with Gasteiger partial charge in [-0.15, -0.1) is 0 Å². The molecule has 10 nitrogen and oxygen atoms in total. The van der Waals surface area contributed by atoms with E-state index in [9.17, 15) is 30.3 Å². The third-order valence-electron chi connectivity index (χ3n) is 10.3. The minimum absolute atomic E-state index is 0.0186. The number of benzene rings is 5. The molecule has 6 rings (SSSR count). The predicted octanol–water partition coefficient (Wildman–Crippen LogP) is 6.94. The van der Waals surface area contributed by atoms with Gasteiger partial charge in [0.05, 0.1) is 19.3 Å². The number of rotatable bonds is 19. The van der Waals surface area contributed by atoms with Gasteiger partial charge in [-0.1, -0.05) is 66.7 Å². The van der Waals surface area contributed by atoms with E-state index < -0.39 is 24.0 Å². The lowest BCUT2D eigenvalue weighted by Crippen LogP contribution is -2.30. The van der Waals surface area contributed by atoms with Crippen LogP contribution < -0.4 is 14.8 Å². The normalized spacial score (nSPS) is 13.6. The average molecular weight is 759 g/mol. The summed E-state index contributed by atoms with van der Waals surface area (Å²) in [5.41, 5.74) is 5.06. The molecule has 56 heavy (non-hydrogen) atoms. The van der Waals surface area contributed by atoms with Crippen molar-refractivity contribution >= 4 is 16.6 Å². The summed E-state index contributed by atoms with van der Waals surface area (Å²) in [5, 5.41) is 58.6. The average Bonchev–Trinajstić information content (AvgIpc) is 3.70. The number of carbonyl (C=O) groups excluding carboxylic acids is 1. The van der Waals surface area contributed by atoms with E-state index in [1.807, 2.05) is 42.7 Å². The van der Waals surface area contributed by atoms with E-state index in [4.69, 9.17) is 9.47 Å². The Balaban J connectivity index is 1.28. The predicted molar refractivity (Wildman–Crippen MR) is 217 cm³/mol. The molecule has 0 aliphatic rings. The molecule has 0 bridgehead atoms. The van der Waals surface area contributed by atoms with Gasteiger partial charge in [-0.05, 0) is 107 Å². The third kappa shape index (κ3) is 10.1. The molecular weight excluding hydrogens is 709 g/mol. The Kier molecular flexibility index (Phi) is 13.3. The summed E-state index contributed by atoms with van der Waals surface area (Å²) in [6.07, 6.45) is 3.52. The highest BCUT2D eigenvalue weighted by Gasteiger charge is 2.30. The van der Waals surface area contributed by atoms with Crippen molar-refractivity contribution in [2.45, 2.75) is 57.2 Å². The lowest BCUT2D eigenvalue weighted by Gasteiger charge is -2.26. The van der Waals surface area contributed by atoms with Gasteiger partial charge in [-0.3, -0.25) is 10.1 Å². The molecule has 0 radical (unpaired) electrons. The number of aliphatic hydroxyl groups excluding tert-OH is 2. The number of ketones is 1. The van der Waals surface area contributed by atoms with Crippen LogP contribution in [0.15, 0.2) is 116 Å². The van der Waals surface area contributed by atoms with Gasteiger partial charge in [0.1, 0.15) is 18.3 Å². The Hall–Kier alpha value is -5.81. The van der Waals surface area contributed by atoms with Gasteiger partial charge < -0.3 is 40.0 Å². The SMILES string of the molecule is COc1c(O)ccc(CC(Cc2cc[nH]c2)C(O)CC(=O)C(Cc2ccc(O)c(OCNCC(C)O)c2)c2cccc(O)c2)c1Cc1cccc2ccccc12. The molecule has 5 aromatic carbocycles. The lowest BCUT2D eigenvalue weighted by molar-refractivity contribution is -0.123. The second kappa shape index (κ2) is 18.7. The van der Waals surface area contributed by atoms with E-state index in [1.165, 1.54) is 13.2 Å². The Bertz CT molecular complexity index is 2210. The number of aromatic nitrogens is 1. The van der Waals surface area contributed by atoms with E-state index in [0.29, 0.717) is 42.7 Å². The van der Waals surface area contributed by atoms with Crippen LogP contribution in [0.5, 0.6) is 28.7 Å². The fraction of sp³-hybridized carbons (Fsp3) is 0.283. The topological polar surface area (TPSA) is 164 Å². The zero-order valence-electron chi connectivity index (χ0n) is 31.7. The van der Waals surface area contributed by atoms with Crippen molar-refractivity contribution in [3.8, 4) is 28.7 Å². The standard InChI is InChI=1S/C46H50N2O8/c1-29(49)26-48-28-56-45-21-30(13-15-41(45)51)20-39(33-10-6-11-37(50)23-33)44(54)25-43(53)36(19-31-17-18-47-27-31)22-35-14-16-42(52)46(55-2)40(35)24-34-9-5-8-32-7-3-4-12-38(32)34/h3-18,21,23,27,29,36,39,43,47-53H,19-20,22,24-26,28H2,1-2H3. The largest absolute Gasteiger partial charge is 0.508 e. The number of Topliss-reactive ketones (excluding diaryl/α,β-unsaturated/α-hetero) is 1. The van der Waals surface area contributed by atoms with Gasteiger partial charge >= 0.3 is 0 Å². The van der Waals surface area contributed by atoms with Crippen molar-refractivity contribution in [1.29, 1.82) is 0 Å². The Morgan fingerprint density at radius 2 is 1.59 bits per heavy atom.